The van der Waals surface area contributed by atoms with Gasteiger partial charge in [-0.2, -0.15) is 11.3 Å². The van der Waals surface area contributed by atoms with Gasteiger partial charge in [0.2, 0.25) is 0 Å². The van der Waals surface area contributed by atoms with Crippen LogP contribution in [0.5, 0.6) is 0 Å². The van der Waals surface area contributed by atoms with Crippen LogP contribution < -0.4 is 5.32 Å². The maximum atomic E-state index is 9.49. The van der Waals surface area contributed by atoms with Gasteiger partial charge in [-0.05, 0) is 28.9 Å². The Morgan fingerprint density at radius 3 is 3.08 bits per heavy atom. The Balaban J connectivity index is 2.22. The smallest absolute Gasteiger partial charge is 0.0705 e. The first-order valence-corrected chi connectivity index (χ1v) is 5.17. The highest BCUT2D eigenvalue weighted by Gasteiger charge is 2.03. The maximum Gasteiger partial charge on any atom is 0.0705 e. The zero-order valence-electron chi connectivity index (χ0n) is 7.29. The molecule has 68 valence electrons. The Morgan fingerprint density at radius 2 is 2.50 bits per heavy atom. The van der Waals surface area contributed by atoms with Crippen molar-refractivity contribution >= 4 is 11.3 Å². The summed E-state index contributed by atoms with van der Waals surface area (Å²) in [5.41, 5.74) is 1.23. The molecule has 0 saturated carbocycles. The van der Waals surface area contributed by atoms with E-state index in [1.807, 2.05) is 12.3 Å². The van der Waals surface area contributed by atoms with Gasteiger partial charge in [0.1, 0.15) is 0 Å². The molecule has 3 heteroatoms. The molecule has 0 aliphatic rings. The Morgan fingerprint density at radius 1 is 1.67 bits per heavy atom. The normalized spacial score (nSPS) is 13.2. The minimum Gasteiger partial charge on any atom is -0.391 e. The molecule has 0 saturated heterocycles. The number of thiophene rings is 1. The first kappa shape index (κ1) is 9.71. The summed E-state index contributed by atoms with van der Waals surface area (Å²) in [6, 6.07) is 2.06. The molecule has 0 amide bonds. The zero-order chi connectivity index (χ0) is 8.81. The van der Waals surface area contributed by atoms with Crippen LogP contribution in [0, 0.1) is 0 Å². The highest BCUT2D eigenvalue weighted by Crippen LogP contribution is 2.08. The molecule has 1 heterocycles. The van der Waals surface area contributed by atoms with E-state index in [1.165, 1.54) is 5.56 Å². The number of nitrogens with one attached hydrogen (secondary N) is 1. The third-order valence-electron chi connectivity index (χ3n) is 1.68. The molecule has 0 aliphatic carbocycles. The van der Waals surface area contributed by atoms with E-state index in [0.29, 0.717) is 6.54 Å². The fraction of sp³-hybridized carbons (Fsp3) is 0.556. The van der Waals surface area contributed by atoms with E-state index in [9.17, 15) is 5.11 Å². The monoisotopic (exact) mass is 185 g/mol. The molecule has 2 N–H and O–H groups in total. The van der Waals surface area contributed by atoms with Crippen molar-refractivity contribution in [3.8, 4) is 0 Å². The summed E-state index contributed by atoms with van der Waals surface area (Å²) in [6.45, 7) is 3.64. The van der Waals surface area contributed by atoms with Crippen LogP contribution in [0.25, 0.3) is 0 Å². The van der Waals surface area contributed by atoms with E-state index in [0.717, 1.165) is 13.0 Å². The molecule has 12 heavy (non-hydrogen) atoms. The van der Waals surface area contributed by atoms with Crippen molar-refractivity contribution < 1.29 is 5.11 Å². The molecular formula is C9H15NOS. The van der Waals surface area contributed by atoms with Crippen molar-refractivity contribution in [3.63, 3.8) is 0 Å². The van der Waals surface area contributed by atoms with Crippen LogP contribution in [-0.4, -0.2) is 24.3 Å². The average Bonchev–Trinajstić information content (AvgIpc) is 2.53. The molecule has 1 unspecified atom stereocenters. The standard InChI is InChI=1S/C9H15NOS/c1-2-10-6-9(11)5-8-3-4-12-7-8/h3-4,7,9-11H,2,5-6H2,1H3. The number of aliphatic hydroxyl groups excluding tert-OH is 1. The molecular weight excluding hydrogens is 170 g/mol. The van der Waals surface area contributed by atoms with Crippen molar-refractivity contribution in [2.24, 2.45) is 0 Å². The SMILES string of the molecule is CCNCC(O)Cc1ccsc1. The minimum absolute atomic E-state index is 0.250. The first-order valence-electron chi connectivity index (χ1n) is 4.22. The van der Waals surface area contributed by atoms with E-state index in [-0.39, 0.29) is 6.10 Å². The van der Waals surface area contributed by atoms with Gasteiger partial charge in [-0.3, -0.25) is 0 Å². The van der Waals surface area contributed by atoms with Crippen LogP contribution in [0.3, 0.4) is 0 Å². The van der Waals surface area contributed by atoms with Crippen LogP contribution >= 0.6 is 11.3 Å². The van der Waals surface area contributed by atoms with E-state index in [1.54, 1.807) is 11.3 Å². The predicted octanol–water partition coefficient (Wildman–Crippen LogP) is 1.26. The highest BCUT2D eigenvalue weighted by molar-refractivity contribution is 7.07. The summed E-state index contributed by atoms with van der Waals surface area (Å²) >= 11 is 1.67. The van der Waals surface area contributed by atoms with Crippen LogP contribution in [0.15, 0.2) is 16.8 Å². The van der Waals surface area contributed by atoms with Crippen LogP contribution in [0.1, 0.15) is 12.5 Å². The van der Waals surface area contributed by atoms with E-state index in [2.05, 4.69) is 16.8 Å². The third kappa shape index (κ3) is 3.34. The quantitative estimate of drug-likeness (QED) is 0.724. The van der Waals surface area contributed by atoms with Crippen molar-refractivity contribution in [3.05, 3.63) is 22.4 Å². The van der Waals surface area contributed by atoms with Crippen LogP contribution in [0.4, 0.5) is 0 Å². The van der Waals surface area contributed by atoms with Crippen LogP contribution in [0.2, 0.25) is 0 Å². The summed E-state index contributed by atoms with van der Waals surface area (Å²) in [5.74, 6) is 0. The van der Waals surface area contributed by atoms with Gasteiger partial charge in [0, 0.05) is 13.0 Å². The largest absolute Gasteiger partial charge is 0.391 e. The second kappa shape index (κ2) is 5.30. The number of aliphatic hydroxyl groups is 1. The van der Waals surface area contributed by atoms with Crippen LogP contribution in [-0.2, 0) is 6.42 Å². The molecule has 0 aliphatic heterocycles. The molecule has 1 rings (SSSR count). The Labute approximate surface area is 77.2 Å². The Hall–Kier alpha value is -0.380. The molecule has 0 radical (unpaired) electrons. The zero-order valence-corrected chi connectivity index (χ0v) is 8.10. The van der Waals surface area contributed by atoms with E-state index < -0.39 is 0 Å². The Bertz CT molecular complexity index is 198. The summed E-state index contributed by atoms with van der Waals surface area (Å²) < 4.78 is 0. The summed E-state index contributed by atoms with van der Waals surface area (Å²) in [6.07, 6.45) is 0.510. The van der Waals surface area contributed by atoms with Crippen molar-refractivity contribution in [1.82, 2.24) is 5.32 Å². The topological polar surface area (TPSA) is 32.3 Å². The van der Waals surface area contributed by atoms with Gasteiger partial charge in [0.05, 0.1) is 6.10 Å². The lowest BCUT2D eigenvalue weighted by molar-refractivity contribution is 0.173. The lowest BCUT2D eigenvalue weighted by Crippen LogP contribution is -2.27. The number of hydrogen-bond donors (Lipinski definition) is 2. The van der Waals surface area contributed by atoms with E-state index in [4.69, 9.17) is 0 Å². The fourth-order valence-electron chi connectivity index (χ4n) is 1.06. The molecule has 0 spiro atoms. The van der Waals surface area contributed by atoms with Gasteiger partial charge in [-0.1, -0.05) is 6.92 Å². The summed E-state index contributed by atoms with van der Waals surface area (Å²) in [5, 5.41) is 16.7. The van der Waals surface area contributed by atoms with Crippen molar-refractivity contribution in [2.75, 3.05) is 13.1 Å². The first-order chi connectivity index (χ1) is 5.83. The molecule has 0 aromatic carbocycles. The lowest BCUT2D eigenvalue weighted by atomic mass is 10.1. The van der Waals surface area contributed by atoms with Gasteiger partial charge in [0.25, 0.3) is 0 Å². The van der Waals surface area contributed by atoms with Crippen molar-refractivity contribution in [1.29, 1.82) is 0 Å². The fourth-order valence-corrected chi connectivity index (χ4v) is 1.75. The minimum atomic E-state index is -0.250. The predicted molar refractivity (Wildman–Crippen MR) is 52.6 cm³/mol. The van der Waals surface area contributed by atoms with Gasteiger partial charge < -0.3 is 10.4 Å². The molecule has 1 atom stereocenters. The number of rotatable bonds is 5. The maximum absolute atomic E-state index is 9.49. The summed E-state index contributed by atoms with van der Waals surface area (Å²) in [7, 11) is 0. The molecule has 1 aromatic heterocycles. The van der Waals surface area contributed by atoms with E-state index >= 15 is 0 Å². The summed E-state index contributed by atoms with van der Waals surface area (Å²) in [4.78, 5) is 0. The molecule has 2 nitrogen and oxygen atoms in total. The Kier molecular flexibility index (Phi) is 4.29. The second-order valence-corrected chi connectivity index (χ2v) is 3.58. The average molecular weight is 185 g/mol. The molecule has 1 aromatic rings. The molecule has 0 bridgehead atoms. The van der Waals surface area contributed by atoms with Gasteiger partial charge in [0.15, 0.2) is 0 Å². The van der Waals surface area contributed by atoms with Crippen molar-refractivity contribution in [2.45, 2.75) is 19.4 Å². The highest BCUT2D eigenvalue weighted by atomic mass is 32.1. The van der Waals surface area contributed by atoms with Gasteiger partial charge >= 0.3 is 0 Å². The molecule has 0 fully saturated rings. The van der Waals surface area contributed by atoms with Gasteiger partial charge in [-0.25, -0.2) is 0 Å². The lowest BCUT2D eigenvalue weighted by Gasteiger charge is -2.08. The number of hydrogen-bond acceptors (Lipinski definition) is 3. The number of likely N-dealkylation sites (N-methyl/N-ethyl adjacent to an activating group) is 1. The third-order valence-corrected chi connectivity index (χ3v) is 2.41. The van der Waals surface area contributed by atoms with Gasteiger partial charge in [-0.15, -0.1) is 0 Å². The second-order valence-electron chi connectivity index (χ2n) is 2.80.